The van der Waals surface area contributed by atoms with Crippen molar-refractivity contribution in [2.45, 2.75) is 19.4 Å². The van der Waals surface area contributed by atoms with E-state index in [1.54, 1.807) is 6.92 Å². The van der Waals surface area contributed by atoms with Crippen molar-refractivity contribution < 1.29 is 19.1 Å². The van der Waals surface area contributed by atoms with Crippen LogP contribution in [0.5, 0.6) is 0 Å². The van der Waals surface area contributed by atoms with Crippen LogP contribution < -0.4 is 5.73 Å². The van der Waals surface area contributed by atoms with E-state index >= 15 is 0 Å². The Hall–Kier alpha value is -1.52. The first kappa shape index (κ1) is 12.5. The molecule has 0 heterocycles. The smallest absolute Gasteiger partial charge is 0.404 e. The highest BCUT2D eigenvalue weighted by Gasteiger charge is 2.08. The van der Waals surface area contributed by atoms with Gasteiger partial charge in [-0.15, -0.1) is 0 Å². The highest BCUT2D eigenvalue weighted by Crippen LogP contribution is 1.99. The predicted octanol–water partition coefficient (Wildman–Crippen LogP) is 0.794. The normalized spacial score (nSPS) is 11.6. The summed E-state index contributed by atoms with van der Waals surface area (Å²) in [5.74, 6) is -0.476. The third-order valence-corrected chi connectivity index (χ3v) is 1.30. The van der Waals surface area contributed by atoms with Crippen molar-refractivity contribution in [2.75, 3.05) is 6.61 Å². The number of hydrogen-bond donors (Lipinski definition) is 1. The van der Waals surface area contributed by atoms with E-state index in [0.29, 0.717) is 12.0 Å². The second kappa shape index (κ2) is 6.01. The Labute approximate surface area is 82.9 Å². The Morgan fingerprint density at radius 3 is 2.50 bits per heavy atom. The van der Waals surface area contributed by atoms with Crippen molar-refractivity contribution in [1.82, 2.24) is 0 Å². The highest BCUT2D eigenvalue weighted by atomic mass is 16.6. The maximum Gasteiger partial charge on any atom is 0.404 e. The fraction of sp³-hybridized carbons (Fsp3) is 0.444. The minimum Gasteiger partial charge on any atom is -0.462 e. The number of ether oxygens (including phenoxy) is 2. The van der Waals surface area contributed by atoms with Gasteiger partial charge in [0, 0.05) is 12.0 Å². The molecular weight excluding hydrogens is 186 g/mol. The van der Waals surface area contributed by atoms with Crippen molar-refractivity contribution >= 4 is 12.1 Å². The van der Waals surface area contributed by atoms with Crippen LogP contribution in [0.2, 0.25) is 0 Å². The number of esters is 1. The van der Waals surface area contributed by atoms with E-state index in [1.165, 1.54) is 0 Å². The lowest BCUT2D eigenvalue weighted by molar-refractivity contribution is -0.139. The van der Waals surface area contributed by atoms with Crippen LogP contribution in [0.4, 0.5) is 4.79 Å². The quantitative estimate of drug-likeness (QED) is 0.525. The second-order valence-corrected chi connectivity index (χ2v) is 2.76. The molecule has 14 heavy (non-hydrogen) atoms. The third kappa shape index (κ3) is 6.05. The van der Waals surface area contributed by atoms with Gasteiger partial charge in [0.05, 0.1) is 6.61 Å². The van der Waals surface area contributed by atoms with Gasteiger partial charge < -0.3 is 15.2 Å². The molecule has 0 saturated carbocycles. The topological polar surface area (TPSA) is 78.6 Å². The SMILES string of the molecule is [CH2]C(CCOC(=O)C(=C)C)OC(N)=O. The lowest BCUT2D eigenvalue weighted by Gasteiger charge is -2.10. The molecule has 0 spiro atoms. The van der Waals surface area contributed by atoms with Gasteiger partial charge in [0.1, 0.15) is 6.10 Å². The molecule has 0 aliphatic carbocycles. The van der Waals surface area contributed by atoms with Crippen molar-refractivity contribution in [3.63, 3.8) is 0 Å². The molecular formula is C9H14NO4. The summed E-state index contributed by atoms with van der Waals surface area (Å²) in [6.07, 6.45) is -1.19. The Kier molecular flexibility index (Phi) is 5.36. The average molecular weight is 200 g/mol. The lowest BCUT2D eigenvalue weighted by Crippen LogP contribution is -2.22. The summed E-state index contributed by atoms with van der Waals surface area (Å²) in [4.78, 5) is 21.1. The largest absolute Gasteiger partial charge is 0.462 e. The molecule has 0 aliphatic heterocycles. The van der Waals surface area contributed by atoms with Crippen molar-refractivity contribution in [3.8, 4) is 0 Å². The van der Waals surface area contributed by atoms with Gasteiger partial charge in [0.15, 0.2) is 0 Å². The zero-order valence-corrected chi connectivity index (χ0v) is 8.12. The first-order valence-corrected chi connectivity index (χ1v) is 4.05. The lowest BCUT2D eigenvalue weighted by atomic mass is 10.3. The maximum atomic E-state index is 10.9. The number of nitrogens with two attached hydrogens (primary N) is 1. The molecule has 0 aromatic heterocycles. The van der Waals surface area contributed by atoms with Gasteiger partial charge in [-0.1, -0.05) is 6.58 Å². The predicted molar refractivity (Wildman–Crippen MR) is 50.2 cm³/mol. The molecule has 2 N–H and O–H groups in total. The van der Waals surface area contributed by atoms with Crippen LogP contribution in [0.1, 0.15) is 13.3 Å². The van der Waals surface area contributed by atoms with Gasteiger partial charge in [-0.3, -0.25) is 0 Å². The van der Waals surface area contributed by atoms with E-state index in [2.05, 4.69) is 18.2 Å². The molecule has 5 nitrogen and oxygen atoms in total. The third-order valence-electron chi connectivity index (χ3n) is 1.30. The van der Waals surface area contributed by atoms with Crippen molar-refractivity contribution in [2.24, 2.45) is 5.73 Å². The summed E-state index contributed by atoms with van der Waals surface area (Å²) >= 11 is 0. The van der Waals surface area contributed by atoms with Crippen molar-refractivity contribution in [3.05, 3.63) is 19.1 Å². The van der Waals surface area contributed by atoms with Crippen LogP contribution in [0, 0.1) is 6.92 Å². The molecule has 0 fully saturated rings. The van der Waals surface area contributed by atoms with Crippen molar-refractivity contribution in [1.29, 1.82) is 0 Å². The number of carbonyl (C=O) groups is 2. The molecule has 0 aliphatic rings. The van der Waals surface area contributed by atoms with Crippen LogP contribution in [-0.2, 0) is 14.3 Å². The average Bonchev–Trinajstić information content (AvgIpc) is 2.02. The van der Waals surface area contributed by atoms with Gasteiger partial charge in [-0.05, 0) is 13.8 Å². The Morgan fingerprint density at radius 2 is 2.07 bits per heavy atom. The summed E-state index contributed by atoms with van der Waals surface area (Å²) in [7, 11) is 0. The van der Waals surface area contributed by atoms with E-state index in [-0.39, 0.29) is 6.61 Å². The first-order chi connectivity index (χ1) is 6.43. The van der Waals surface area contributed by atoms with E-state index in [4.69, 9.17) is 10.5 Å². The van der Waals surface area contributed by atoms with E-state index < -0.39 is 18.2 Å². The second-order valence-electron chi connectivity index (χ2n) is 2.76. The summed E-state index contributed by atoms with van der Waals surface area (Å²) in [5, 5.41) is 0. The van der Waals surface area contributed by atoms with Gasteiger partial charge in [-0.25, -0.2) is 9.59 Å². The molecule has 1 radical (unpaired) electrons. The van der Waals surface area contributed by atoms with E-state index in [1.807, 2.05) is 0 Å². The summed E-state index contributed by atoms with van der Waals surface area (Å²) in [6.45, 7) is 8.55. The van der Waals surface area contributed by atoms with Crippen LogP contribution in [0.25, 0.3) is 0 Å². The molecule has 0 aromatic rings. The summed E-state index contributed by atoms with van der Waals surface area (Å²) in [5.41, 5.74) is 5.07. The summed E-state index contributed by atoms with van der Waals surface area (Å²) in [6, 6.07) is 0. The van der Waals surface area contributed by atoms with Crippen LogP contribution in [-0.4, -0.2) is 24.8 Å². The van der Waals surface area contributed by atoms with Gasteiger partial charge in [-0.2, -0.15) is 0 Å². The van der Waals surface area contributed by atoms with Gasteiger partial charge in [0.2, 0.25) is 0 Å². The van der Waals surface area contributed by atoms with Crippen LogP contribution in [0.3, 0.4) is 0 Å². The minimum absolute atomic E-state index is 0.118. The zero-order valence-electron chi connectivity index (χ0n) is 8.12. The fourth-order valence-electron chi connectivity index (χ4n) is 0.629. The molecule has 0 saturated heterocycles. The fourth-order valence-corrected chi connectivity index (χ4v) is 0.629. The Bertz CT molecular complexity index is 237. The number of rotatable bonds is 5. The molecule has 0 bridgehead atoms. The molecule has 0 rings (SSSR count). The maximum absolute atomic E-state index is 10.9. The standard InChI is InChI=1S/C9H14NO4/c1-6(2)8(11)13-5-4-7(3)14-9(10)12/h7H,1,3-5H2,2H3,(H2,10,12). The molecule has 1 atom stereocenters. The highest BCUT2D eigenvalue weighted by molar-refractivity contribution is 5.86. The minimum atomic E-state index is -0.892. The number of primary amides is 1. The molecule has 0 aromatic carbocycles. The van der Waals surface area contributed by atoms with Crippen LogP contribution in [0.15, 0.2) is 12.2 Å². The number of carbonyl (C=O) groups excluding carboxylic acids is 2. The Balaban J connectivity index is 3.59. The summed E-state index contributed by atoms with van der Waals surface area (Å²) < 4.78 is 9.25. The molecule has 79 valence electrons. The first-order valence-electron chi connectivity index (χ1n) is 4.05. The zero-order chi connectivity index (χ0) is 11.1. The molecule has 1 unspecified atom stereocenters. The van der Waals surface area contributed by atoms with Gasteiger partial charge >= 0.3 is 12.1 Å². The van der Waals surface area contributed by atoms with Crippen LogP contribution >= 0.6 is 0 Å². The van der Waals surface area contributed by atoms with Gasteiger partial charge in [0.25, 0.3) is 0 Å². The molecule has 1 amide bonds. The number of amides is 1. The number of hydrogen-bond acceptors (Lipinski definition) is 4. The monoisotopic (exact) mass is 200 g/mol. The molecule has 5 heteroatoms. The van der Waals surface area contributed by atoms with E-state index in [9.17, 15) is 9.59 Å². The Morgan fingerprint density at radius 1 is 1.50 bits per heavy atom. The van der Waals surface area contributed by atoms with E-state index in [0.717, 1.165) is 0 Å².